The SMILES string of the molecule is [2H]C([2H])([2H])c1ccc(-c2c(C)cc(C([2H])([2H])[2H])c3c2oc2cc([N+]#[C-])ccc23)[n+](C)c1C. The van der Waals surface area contributed by atoms with Crippen molar-refractivity contribution in [3.05, 3.63) is 70.2 Å². The van der Waals surface area contributed by atoms with E-state index in [0.29, 0.717) is 50.1 Å². The van der Waals surface area contributed by atoms with Crippen LogP contribution in [0.15, 0.2) is 40.8 Å². The molecular formula is C23H21N2O+. The molecule has 0 N–H and O–H groups in total. The van der Waals surface area contributed by atoms with Crippen molar-refractivity contribution in [3.8, 4) is 11.3 Å². The minimum Gasteiger partial charge on any atom is -0.456 e. The lowest BCUT2D eigenvalue weighted by atomic mass is 9.96. The van der Waals surface area contributed by atoms with Crippen LogP contribution in [0.4, 0.5) is 5.69 Å². The first kappa shape index (κ1) is 10.8. The van der Waals surface area contributed by atoms with Crippen LogP contribution in [0.3, 0.4) is 0 Å². The van der Waals surface area contributed by atoms with Gasteiger partial charge in [-0.15, -0.1) is 0 Å². The summed E-state index contributed by atoms with van der Waals surface area (Å²) in [5, 5.41) is 1.10. The minimum absolute atomic E-state index is 0.182. The van der Waals surface area contributed by atoms with E-state index in [4.69, 9.17) is 19.2 Å². The maximum absolute atomic E-state index is 8.07. The molecule has 0 radical (unpaired) electrons. The molecule has 2 heterocycles. The zero-order valence-electron chi connectivity index (χ0n) is 20.8. The van der Waals surface area contributed by atoms with Crippen molar-refractivity contribution in [1.82, 2.24) is 0 Å². The molecule has 0 spiro atoms. The van der Waals surface area contributed by atoms with Crippen LogP contribution in [0.2, 0.25) is 0 Å². The molecule has 0 aliphatic heterocycles. The molecule has 4 aromatic rings. The highest BCUT2D eigenvalue weighted by Gasteiger charge is 2.23. The zero-order chi connectivity index (χ0) is 23.6. The summed E-state index contributed by atoms with van der Waals surface area (Å²) in [5.74, 6) is 0. The molecule has 3 heteroatoms. The summed E-state index contributed by atoms with van der Waals surface area (Å²) >= 11 is 0. The van der Waals surface area contributed by atoms with Crippen LogP contribution in [0.25, 0.3) is 38.0 Å². The normalized spacial score (nSPS) is 15.6. The summed E-state index contributed by atoms with van der Waals surface area (Å²) in [6.45, 7) is 6.23. The van der Waals surface area contributed by atoms with Crippen molar-refractivity contribution >= 4 is 27.6 Å². The van der Waals surface area contributed by atoms with Gasteiger partial charge >= 0.3 is 0 Å². The van der Waals surface area contributed by atoms with Crippen molar-refractivity contribution in [2.24, 2.45) is 7.05 Å². The first-order chi connectivity index (χ1) is 14.8. The Kier molecular flexibility index (Phi) is 2.37. The van der Waals surface area contributed by atoms with Gasteiger partial charge in [-0.25, -0.2) is 4.85 Å². The number of aromatic nitrogens is 1. The number of rotatable bonds is 1. The van der Waals surface area contributed by atoms with Gasteiger partial charge in [-0.2, -0.15) is 4.57 Å². The number of furan rings is 1. The zero-order valence-corrected chi connectivity index (χ0v) is 14.8. The van der Waals surface area contributed by atoms with E-state index in [2.05, 4.69) is 4.85 Å². The molecule has 2 aromatic heterocycles. The van der Waals surface area contributed by atoms with Gasteiger partial charge < -0.3 is 4.42 Å². The Morgan fingerprint density at radius 3 is 2.58 bits per heavy atom. The Balaban J connectivity index is 2.15. The van der Waals surface area contributed by atoms with Gasteiger partial charge in [-0.3, -0.25) is 0 Å². The number of hydrogen-bond donors (Lipinski definition) is 0. The molecular weight excluding hydrogens is 320 g/mol. The van der Waals surface area contributed by atoms with Crippen molar-refractivity contribution in [1.29, 1.82) is 0 Å². The molecule has 4 rings (SSSR count). The second-order valence-electron chi connectivity index (χ2n) is 6.49. The number of pyridine rings is 1. The molecule has 0 saturated carbocycles. The topological polar surface area (TPSA) is 21.4 Å². The van der Waals surface area contributed by atoms with Crippen LogP contribution in [0, 0.1) is 34.1 Å². The van der Waals surface area contributed by atoms with Gasteiger partial charge in [0.15, 0.2) is 11.4 Å². The fourth-order valence-electron chi connectivity index (χ4n) is 3.46. The molecule has 0 unspecified atom stereocenters. The van der Waals surface area contributed by atoms with Gasteiger partial charge in [-0.1, -0.05) is 18.2 Å². The van der Waals surface area contributed by atoms with Crippen LogP contribution >= 0.6 is 0 Å². The van der Waals surface area contributed by atoms with Gasteiger partial charge in [0.05, 0.1) is 12.1 Å². The molecule has 0 fully saturated rings. The van der Waals surface area contributed by atoms with Crippen molar-refractivity contribution in [2.45, 2.75) is 27.6 Å². The Morgan fingerprint density at radius 2 is 1.85 bits per heavy atom. The lowest BCUT2D eigenvalue weighted by Crippen LogP contribution is -2.35. The van der Waals surface area contributed by atoms with Crippen LogP contribution in [-0.4, -0.2) is 0 Å². The van der Waals surface area contributed by atoms with E-state index in [1.807, 2.05) is 6.92 Å². The van der Waals surface area contributed by atoms with E-state index >= 15 is 0 Å². The number of hydrogen-bond acceptors (Lipinski definition) is 1. The quantitative estimate of drug-likeness (QED) is 0.312. The molecule has 3 nitrogen and oxygen atoms in total. The third-order valence-corrected chi connectivity index (χ3v) is 4.97. The van der Waals surface area contributed by atoms with E-state index in [1.165, 1.54) is 0 Å². The van der Waals surface area contributed by atoms with E-state index in [1.54, 1.807) is 54.9 Å². The highest BCUT2D eigenvalue weighted by molar-refractivity contribution is 6.12. The Hall–Kier alpha value is -3.12. The molecule has 0 saturated heterocycles. The third kappa shape index (κ3) is 2.23. The Morgan fingerprint density at radius 1 is 1.04 bits per heavy atom. The summed E-state index contributed by atoms with van der Waals surface area (Å²) in [6, 6.07) is 9.92. The van der Waals surface area contributed by atoms with Crippen LogP contribution in [0.1, 0.15) is 30.6 Å². The lowest BCUT2D eigenvalue weighted by Gasteiger charge is -2.10. The van der Waals surface area contributed by atoms with Crippen molar-refractivity contribution < 1.29 is 17.2 Å². The van der Waals surface area contributed by atoms with E-state index < -0.39 is 13.7 Å². The highest BCUT2D eigenvalue weighted by Crippen LogP contribution is 2.40. The van der Waals surface area contributed by atoms with E-state index in [-0.39, 0.29) is 11.1 Å². The predicted molar refractivity (Wildman–Crippen MR) is 106 cm³/mol. The van der Waals surface area contributed by atoms with Gasteiger partial charge in [-0.05, 0) is 43.9 Å². The van der Waals surface area contributed by atoms with E-state index in [0.717, 1.165) is 0 Å². The minimum atomic E-state index is -2.36. The molecule has 0 atom stereocenters. The van der Waals surface area contributed by atoms with Crippen LogP contribution in [0.5, 0.6) is 0 Å². The molecule has 128 valence electrons. The number of benzene rings is 2. The van der Waals surface area contributed by atoms with Crippen LogP contribution < -0.4 is 4.57 Å². The van der Waals surface area contributed by atoms with Gasteiger partial charge in [0.1, 0.15) is 18.2 Å². The fourth-order valence-corrected chi connectivity index (χ4v) is 3.46. The first-order valence-electron chi connectivity index (χ1n) is 11.2. The molecule has 2 aromatic carbocycles. The Labute approximate surface area is 161 Å². The molecule has 0 amide bonds. The monoisotopic (exact) mass is 347 g/mol. The third-order valence-electron chi connectivity index (χ3n) is 4.97. The summed E-state index contributed by atoms with van der Waals surface area (Å²) in [6.07, 6.45) is 0. The first-order valence-corrected chi connectivity index (χ1v) is 8.23. The lowest BCUT2D eigenvalue weighted by molar-refractivity contribution is -0.667. The fraction of sp³-hybridized carbons (Fsp3) is 0.217. The van der Waals surface area contributed by atoms with Gasteiger partial charge in [0.2, 0.25) is 5.69 Å². The van der Waals surface area contributed by atoms with E-state index in [9.17, 15) is 0 Å². The van der Waals surface area contributed by atoms with Crippen molar-refractivity contribution in [2.75, 3.05) is 0 Å². The molecule has 0 aliphatic rings. The average Bonchev–Trinajstić information content (AvgIpc) is 3.06. The Bertz CT molecular complexity index is 1440. The number of fused-ring (bicyclic) bond motifs is 3. The largest absolute Gasteiger partial charge is 0.456 e. The van der Waals surface area contributed by atoms with Gasteiger partial charge in [0.25, 0.3) is 0 Å². The maximum Gasteiger partial charge on any atom is 0.216 e. The van der Waals surface area contributed by atoms with Crippen LogP contribution in [-0.2, 0) is 7.05 Å². The summed E-state index contributed by atoms with van der Waals surface area (Å²) in [5.41, 5.74) is 4.36. The molecule has 26 heavy (non-hydrogen) atoms. The van der Waals surface area contributed by atoms with Crippen molar-refractivity contribution in [3.63, 3.8) is 0 Å². The average molecular weight is 347 g/mol. The second kappa shape index (κ2) is 5.71. The molecule has 0 bridgehead atoms. The smallest absolute Gasteiger partial charge is 0.216 e. The maximum atomic E-state index is 8.07. The second-order valence-corrected chi connectivity index (χ2v) is 6.49. The number of aryl methyl sites for hydroxylation is 3. The summed E-state index contributed by atoms with van der Waals surface area (Å²) in [7, 11) is 1.78. The van der Waals surface area contributed by atoms with Gasteiger partial charge in [0, 0.05) is 37.6 Å². The highest BCUT2D eigenvalue weighted by atomic mass is 16.3. The standard InChI is InChI=1S/C23H21N2O/c1-13-7-10-19(25(6)16(13)4)22-15(3)11-14(2)21-18-9-8-17(24-5)12-20(18)26-23(21)22/h7-12H,1-4,6H3/q+1/i1D3,2D3. The summed E-state index contributed by atoms with van der Waals surface area (Å²) < 4.78 is 55.5. The molecule has 0 aliphatic carbocycles. The number of nitrogens with zero attached hydrogens (tertiary/aromatic N) is 2. The predicted octanol–water partition coefficient (Wildman–Crippen LogP) is 5.86. The summed E-state index contributed by atoms with van der Waals surface area (Å²) in [4.78, 5) is 3.44.